The van der Waals surface area contributed by atoms with Gasteiger partial charge in [0.2, 0.25) is 0 Å². The zero-order valence-corrected chi connectivity index (χ0v) is 13.3. The molecule has 0 heterocycles. The van der Waals surface area contributed by atoms with Crippen LogP contribution >= 0.6 is 34.8 Å². The van der Waals surface area contributed by atoms with Crippen LogP contribution in [0.1, 0.15) is 0 Å². The first-order valence-electron chi connectivity index (χ1n) is 5.40. The minimum absolute atomic E-state index is 0.129. The summed E-state index contributed by atoms with van der Waals surface area (Å²) in [7, 11) is -3.31. The summed E-state index contributed by atoms with van der Waals surface area (Å²) in [4.78, 5) is 0.129. The zero-order valence-electron chi connectivity index (χ0n) is 10.2. The van der Waals surface area contributed by atoms with E-state index in [0.717, 1.165) is 6.26 Å². The molecule has 7 heteroatoms. The number of hydrogen-bond acceptors (Lipinski definition) is 3. The normalized spacial score (nSPS) is 11.4. The van der Waals surface area contributed by atoms with Crippen molar-refractivity contribution in [2.45, 2.75) is 4.90 Å². The third kappa shape index (κ3) is 3.58. The van der Waals surface area contributed by atoms with Gasteiger partial charge < -0.3 is 4.74 Å². The second kappa shape index (κ2) is 5.82. The van der Waals surface area contributed by atoms with Gasteiger partial charge in [0.25, 0.3) is 0 Å². The topological polar surface area (TPSA) is 43.4 Å². The fraction of sp³-hybridized carbons (Fsp3) is 0.0769. The number of ether oxygens (including phenoxy) is 1. The summed E-state index contributed by atoms with van der Waals surface area (Å²) < 4.78 is 28.4. The largest absolute Gasteiger partial charge is 0.456 e. The molecule has 0 aliphatic carbocycles. The summed E-state index contributed by atoms with van der Waals surface area (Å²) in [5.41, 5.74) is 0. The first-order valence-corrected chi connectivity index (χ1v) is 8.42. The first-order chi connectivity index (χ1) is 9.27. The highest BCUT2D eigenvalue weighted by Gasteiger charge is 2.11. The minimum atomic E-state index is -3.31. The van der Waals surface area contributed by atoms with Crippen LogP contribution in [0.5, 0.6) is 11.5 Å². The van der Waals surface area contributed by atoms with E-state index in [4.69, 9.17) is 39.5 Å². The predicted molar refractivity (Wildman–Crippen MR) is 81.1 cm³/mol. The third-order valence-corrected chi connectivity index (χ3v) is 4.60. The molecule has 0 atom stereocenters. The van der Waals surface area contributed by atoms with Gasteiger partial charge in [-0.1, -0.05) is 34.8 Å². The average Bonchev–Trinajstić information content (AvgIpc) is 2.35. The maximum atomic E-state index is 11.4. The quantitative estimate of drug-likeness (QED) is 0.794. The lowest BCUT2D eigenvalue weighted by atomic mass is 10.3. The Labute approximate surface area is 132 Å². The van der Waals surface area contributed by atoms with Gasteiger partial charge in [-0.2, -0.15) is 0 Å². The maximum Gasteiger partial charge on any atom is 0.175 e. The fourth-order valence-corrected chi connectivity index (χ4v) is 2.68. The summed E-state index contributed by atoms with van der Waals surface area (Å²) >= 11 is 17.7. The fourth-order valence-electron chi connectivity index (χ4n) is 1.46. The lowest BCUT2D eigenvalue weighted by Gasteiger charge is -2.09. The van der Waals surface area contributed by atoms with E-state index in [1.807, 2.05) is 0 Å². The van der Waals surface area contributed by atoms with E-state index in [9.17, 15) is 8.42 Å². The van der Waals surface area contributed by atoms with Gasteiger partial charge in [0.05, 0.1) is 20.0 Å². The van der Waals surface area contributed by atoms with Gasteiger partial charge >= 0.3 is 0 Å². The zero-order chi connectivity index (χ0) is 14.9. The van der Waals surface area contributed by atoms with Crippen molar-refractivity contribution >= 4 is 44.6 Å². The van der Waals surface area contributed by atoms with Gasteiger partial charge in [0.15, 0.2) is 9.84 Å². The van der Waals surface area contributed by atoms with E-state index in [2.05, 4.69) is 0 Å². The Morgan fingerprint density at radius 2 is 1.60 bits per heavy atom. The van der Waals surface area contributed by atoms with Crippen LogP contribution in [0.15, 0.2) is 41.3 Å². The molecule has 3 nitrogen and oxygen atoms in total. The Morgan fingerprint density at radius 3 is 2.15 bits per heavy atom. The van der Waals surface area contributed by atoms with Crippen molar-refractivity contribution in [2.24, 2.45) is 0 Å². The molecule has 2 aromatic carbocycles. The van der Waals surface area contributed by atoms with Gasteiger partial charge in [-0.25, -0.2) is 8.42 Å². The third-order valence-electron chi connectivity index (χ3n) is 2.45. The minimum Gasteiger partial charge on any atom is -0.456 e. The molecular formula is C13H9Cl3O3S. The molecule has 0 bridgehead atoms. The van der Waals surface area contributed by atoms with E-state index in [1.54, 1.807) is 18.2 Å². The first kappa shape index (κ1) is 15.4. The number of halogens is 3. The van der Waals surface area contributed by atoms with Crippen molar-refractivity contribution in [3.63, 3.8) is 0 Å². The summed E-state index contributed by atoms with van der Waals surface area (Å²) in [5, 5.41) is 0.963. The highest BCUT2D eigenvalue weighted by atomic mass is 35.5. The van der Waals surface area contributed by atoms with E-state index >= 15 is 0 Å². The van der Waals surface area contributed by atoms with E-state index in [1.165, 1.54) is 18.2 Å². The molecule has 2 aromatic rings. The van der Waals surface area contributed by atoms with Crippen LogP contribution in [0.4, 0.5) is 0 Å². The van der Waals surface area contributed by atoms with Crippen LogP contribution in [0.3, 0.4) is 0 Å². The van der Waals surface area contributed by atoms with E-state index in [0.29, 0.717) is 21.5 Å². The SMILES string of the molecule is CS(=O)(=O)c1ccc(Oc2ccc(Cl)c(Cl)c2)c(Cl)c1. The molecular weight excluding hydrogens is 343 g/mol. The molecule has 0 fully saturated rings. The van der Waals surface area contributed by atoms with Gasteiger partial charge in [0, 0.05) is 12.3 Å². The van der Waals surface area contributed by atoms with Crippen molar-refractivity contribution in [1.29, 1.82) is 0 Å². The summed E-state index contributed by atoms with van der Waals surface area (Å²) in [6.45, 7) is 0. The lowest BCUT2D eigenvalue weighted by molar-refractivity contribution is 0.482. The second-order valence-electron chi connectivity index (χ2n) is 4.04. The van der Waals surface area contributed by atoms with Crippen LogP contribution in [-0.2, 0) is 9.84 Å². The van der Waals surface area contributed by atoms with Gasteiger partial charge in [-0.15, -0.1) is 0 Å². The Morgan fingerprint density at radius 1 is 0.900 bits per heavy atom. The van der Waals surface area contributed by atoms with Crippen molar-refractivity contribution in [1.82, 2.24) is 0 Å². The average molecular weight is 352 g/mol. The molecule has 0 amide bonds. The Bertz CT molecular complexity index is 757. The molecule has 0 radical (unpaired) electrons. The monoisotopic (exact) mass is 350 g/mol. The number of sulfone groups is 1. The molecule has 0 saturated heterocycles. The van der Waals surface area contributed by atoms with Crippen molar-refractivity contribution < 1.29 is 13.2 Å². The molecule has 0 spiro atoms. The van der Waals surface area contributed by atoms with Crippen molar-refractivity contribution in [3.8, 4) is 11.5 Å². The smallest absolute Gasteiger partial charge is 0.175 e. The Hall–Kier alpha value is -0.940. The Balaban J connectivity index is 2.32. The standard InChI is InChI=1S/C13H9Cl3O3S/c1-20(17,18)9-3-5-13(12(16)7-9)19-8-2-4-10(14)11(15)6-8/h2-7H,1H3. The van der Waals surface area contributed by atoms with Gasteiger partial charge in [-0.05, 0) is 30.3 Å². The second-order valence-corrected chi connectivity index (χ2v) is 7.28. The Kier molecular flexibility index (Phi) is 4.49. The summed E-state index contributed by atoms with van der Waals surface area (Å²) in [5.74, 6) is 0.783. The molecule has 106 valence electrons. The van der Waals surface area contributed by atoms with Crippen molar-refractivity contribution in [3.05, 3.63) is 51.5 Å². The molecule has 0 aliphatic heterocycles. The predicted octanol–water partition coefficient (Wildman–Crippen LogP) is 4.84. The number of rotatable bonds is 3. The van der Waals surface area contributed by atoms with Crippen LogP contribution < -0.4 is 4.74 Å². The molecule has 0 N–H and O–H groups in total. The van der Waals surface area contributed by atoms with Crippen LogP contribution in [0, 0.1) is 0 Å². The maximum absolute atomic E-state index is 11.4. The number of benzene rings is 2. The van der Waals surface area contributed by atoms with Crippen LogP contribution in [0.2, 0.25) is 15.1 Å². The number of hydrogen-bond donors (Lipinski definition) is 0. The van der Waals surface area contributed by atoms with E-state index < -0.39 is 9.84 Å². The van der Waals surface area contributed by atoms with Gasteiger partial charge in [0.1, 0.15) is 11.5 Å². The molecule has 2 rings (SSSR count). The molecule has 20 heavy (non-hydrogen) atoms. The lowest BCUT2D eigenvalue weighted by Crippen LogP contribution is -1.97. The molecule has 0 saturated carbocycles. The molecule has 0 aromatic heterocycles. The van der Waals surface area contributed by atoms with Crippen molar-refractivity contribution in [2.75, 3.05) is 6.26 Å². The highest BCUT2D eigenvalue weighted by molar-refractivity contribution is 7.90. The van der Waals surface area contributed by atoms with E-state index in [-0.39, 0.29) is 9.92 Å². The summed E-state index contributed by atoms with van der Waals surface area (Å²) in [6, 6.07) is 9.02. The summed E-state index contributed by atoms with van der Waals surface area (Å²) in [6.07, 6.45) is 1.11. The highest BCUT2D eigenvalue weighted by Crippen LogP contribution is 2.34. The molecule has 0 unspecified atom stereocenters. The molecule has 0 aliphatic rings. The van der Waals surface area contributed by atoms with Gasteiger partial charge in [-0.3, -0.25) is 0 Å². The van der Waals surface area contributed by atoms with Crippen LogP contribution in [-0.4, -0.2) is 14.7 Å². The van der Waals surface area contributed by atoms with Crippen LogP contribution in [0.25, 0.3) is 0 Å².